The summed E-state index contributed by atoms with van der Waals surface area (Å²) in [7, 11) is 0. The van der Waals surface area contributed by atoms with Crippen molar-refractivity contribution in [2.45, 2.75) is 45.3 Å². The van der Waals surface area contributed by atoms with E-state index in [2.05, 4.69) is 31.5 Å². The molecule has 0 aliphatic heterocycles. The second kappa shape index (κ2) is 7.81. The van der Waals surface area contributed by atoms with Crippen LogP contribution in [0.1, 0.15) is 43.4 Å². The second-order valence-electron chi connectivity index (χ2n) is 5.29. The number of aryl methyl sites for hydroxylation is 1. The third-order valence-corrected chi connectivity index (χ3v) is 3.60. The van der Waals surface area contributed by atoms with Crippen LogP contribution in [0.5, 0.6) is 0 Å². The fraction of sp³-hybridized carbons (Fsp3) is 0.389. The lowest BCUT2D eigenvalue weighted by atomic mass is 10.1. The molecule has 20 heavy (non-hydrogen) atoms. The van der Waals surface area contributed by atoms with Gasteiger partial charge in [0.05, 0.1) is 0 Å². The fourth-order valence-corrected chi connectivity index (χ4v) is 2.34. The van der Waals surface area contributed by atoms with Crippen molar-refractivity contribution >= 4 is 0 Å². The van der Waals surface area contributed by atoms with Crippen molar-refractivity contribution in [1.82, 2.24) is 0 Å². The largest absolute Gasteiger partial charge is 0.382 e. The standard InChI is InChI=1S/C18H24NO/c1-2-3-5-8-16-11-13-19(14-12-16)15-18(20)17-9-6-4-7-10-17/h4,6-7,9-14,18,20H,2-3,5,8,15H2,1H3/q+1/t18-/m1/s1. The number of hydrogen-bond donors (Lipinski definition) is 1. The highest BCUT2D eigenvalue weighted by Gasteiger charge is 2.12. The molecule has 0 unspecified atom stereocenters. The molecule has 0 aliphatic carbocycles. The Hall–Kier alpha value is -1.67. The van der Waals surface area contributed by atoms with Gasteiger partial charge in [-0.3, -0.25) is 0 Å². The summed E-state index contributed by atoms with van der Waals surface area (Å²) in [5.74, 6) is 0. The van der Waals surface area contributed by atoms with Crippen molar-refractivity contribution in [1.29, 1.82) is 0 Å². The van der Waals surface area contributed by atoms with Crippen molar-refractivity contribution in [3.63, 3.8) is 0 Å². The van der Waals surface area contributed by atoms with Crippen LogP contribution in [0, 0.1) is 0 Å². The molecule has 0 spiro atoms. The van der Waals surface area contributed by atoms with Gasteiger partial charge < -0.3 is 5.11 Å². The van der Waals surface area contributed by atoms with Gasteiger partial charge in [0.15, 0.2) is 18.9 Å². The maximum absolute atomic E-state index is 10.2. The minimum atomic E-state index is -0.452. The number of unbranched alkanes of at least 4 members (excludes halogenated alkanes) is 2. The van der Waals surface area contributed by atoms with Crippen molar-refractivity contribution in [2.75, 3.05) is 0 Å². The van der Waals surface area contributed by atoms with Gasteiger partial charge in [-0.05, 0) is 24.0 Å². The zero-order valence-corrected chi connectivity index (χ0v) is 12.2. The number of rotatable bonds is 7. The lowest BCUT2D eigenvalue weighted by molar-refractivity contribution is -0.704. The van der Waals surface area contributed by atoms with Gasteiger partial charge >= 0.3 is 0 Å². The predicted octanol–water partition coefficient (Wildman–Crippen LogP) is 3.44. The highest BCUT2D eigenvalue weighted by molar-refractivity contribution is 5.16. The Morgan fingerprint density at radius 1 is 1.00 bits per heavy atom. The quantitative estimate of drug-likeness (QED) is 0.605. The molecule has 1 atom stereocenters. The summed E-state index contributed by atoms with van der Waals surface area (Å²) in [6, 6.07) is 14.1. The van der Waals surface area contributed by atoms with Gasteiger partial charge in [0.25, 0.3) is 0 Å². The number of aliphatic hydroxyl groups is 1. The molecular formula is C18H24NO+. The predicted molar refractivity (Wildman–Crippen MR) is 81.3 cm³/mol. The molecule has 0 radical (unpaired) electrons. The maximum Gasteiger partial charge on any atom is 0.178 e. The maximum atomic E-state index is 10.2. The number of benzene rings is 1. The van der Waals surface area contributed by atoms with Gasteiger partial charge in [0.2, 0.25) is 0 Å². The third-order valence-electron chi connectivity index (χ3n) is 3.60. The van der Waals surface area contributed by atoms with Gasteiger partial charge in [-0.1, -0.05) is 50.1 Å². The number of aromatic nitrogens is 1. The molecule has 2 heteroatoms. The molecule has 1 aromatic carbocycles. The SMILES string of the molecule is CCCCCc1cc[n+](C[C@@H](O)c2ccccc2)cc1. The number of aliphatic hydroxyl groups excluding tert-OH is 1. The number of pyridine rings is 1. The van der Waals surface area contributed by atoms with Crippen LogP contribution >= 0.6 is 0 Å². The molecule has 2 aromatic rings. The lowest BCUT2D eigenvalue weighted by Gasteiger charge is -2.07. The van der Waals surface area contributed by atoms with Crippen LogP contribution in [0.4, 0.5) is 0 Å². The highest BCUT2D eigenvalue weighted by atomic mass is 16.3. The van der Waals surface area contributed by atoms with Gasteiger partial charge in [-0.15, -0.1) is 0 Å². The zero-order valence-electron chi connectivity index (χ0n) is 12.2. The minimum Gasteiger partial charge on any atom is -0.382 e. The van der Waals surface area contributed by atoms with Crippen LogP contribution in [-0.2, 0) is 13.0 Å². The summed E-state index contributed by atoms with van der Waals surface area (Å²) in [5.41, 5.74) is 2.34. The normalized spacial score (nSPS) is 12.3. The minimum absolute atomic E-state index is 0.452. The molecule has 106 valence electrons. The van der Waals surface area contributed by atoms with Crippen molar-refractivity contribution < 1.29 is 9.67 Å². The van der Waals surface area contributed by atoms with Crippen molar-refractivity contribution in [3.8, 4) is 0 Å². The van der Waals surface area contributed by atoms with E-state index >= 15 is 0 Å². The molecule has 0 bridgehead atoms. The third kappa shape index (κ3) is 4.46. The van der Waals surface area contributed by atoms with Crippen LogP contribution in [0.15, 0.2) is 54.9 Å². The summed E-state index contributed by atoms with van der Waals surface area (Å²) in [5, 5.41) is 10.2. The van der Waals surface area contributed by atoms with Crippen molar-refractivity contribution in [2.24, 2.45) is 0 Å². The topological polar surface area (TPSA) is 24.1 Å². The fourth-order valence-electron chi connectivity index (χ4n) is 2.34. The molecule has 1 aromatic heterocycles. The van der Waals surface area contributed by atoms with E-state index in [1.165, 1.54) is 24.8 Å². The van der Waals surface area contributed by atoms with Crippen LogP contribution in [0.25, 0.3) is 0 Å². The Bertz CT molecular complexity index is 493. The molecule has 2 nitrogen and oxygen atoms in total. The van der Waals surface area contributed by atoms with Crippen LogP contribution < -0.4 is 4.57 Å². The van der Waals surface area contributed by atoms with E-state index in [4.69, 9.17) is 0 Å². The molecule has 0 saturated carbocycles. The number of hydrogen-bond acceptors (Lipinski definition) is 1. The van der Waals surface area contributed by atoms with Gasteiger partial charge in [-0.25, -0.2) is 4.57 Å². The van der Waals surface area contributed by atoms with E-state index in [1.807, 2.05) is 34.9 Å². The molecule has 1 heterocycles. The monoisotopic (exact) mass is 270 g/mol. The smallest absolute Gasteiger partial charge is 0.178 e. The van der Waals surface area contributed by atoms with Crippen LogP contribution in [0.3, 0.4) is 0 Å². The molecule has 0 saturated heterocycles. The average molecular weight is 270 g/mol. The Kier molecular flexibility index (Phi) is 5.75. The molecular weight excluding hydrogens is 246 g/mol. The van der Waals surface area contributed by atoms with E-state index in [0.717, 1.165) is 12.0 Å². The van der Waals surface area contributed by atoms with E-state index in [1.54, 1.807) is 0 Å². The first-order chi connectivity index (χ1) is 9.79. The van der Waals surface area contributed by atoms with Crippen LogP contribution in [-0.4, -0.2) is 5.11 Å². The first kappa shape index (κ1) is 14.7. The Labute approximate surface area is 121 Å². The molecule has 2 rings (SSSR count). The lowest BCUT2D eigenvalue weighted by Crippen LogP contribution is -2.36. The summed E-state index contributed by atoms with van der Waals surface area (Å²) in [6.07, 6.45) is 8.63. The number of nitrogens with zero attached hydrogens (tertiary/aromatic N) is 1. The van der Waals surface area contributed by atoms with E-state index < -0.39 is 6.10 Å². The van der Waals surface area contributed by atoms with Gasteiger partial charge in [0, 0.05) is 12.1 Å². The summed E-state index contributed by atoms with van der Waals surface area (Å²) in [4.78, 5) is 0. The van der Waals surface area contributed by atoms with Crippen molar-refractivity contribution in [3.05, 3.63) is 66.0 Å². The molecule has 0 aliphatic rings. The first-order valence-electron chi connectivity index (χ1n) is 7.50. The van der Waals surface area contributed by atoms with Gasteiger partial charge in [0.1, 0.15) is 6.10 Å². The van der Waals surface area contributed by atoms with Gasteiger partial charge in [-0.2, -0.15) is 0 Å². The highest BCUT2D eigenvalue weighted by Crippen LogP contribution is 2.12. The Balaban J connectivity index is 1.90. The summed E-state index contributed by atoms with van der Waals surface area (Å²) >= 11 is 0. The summed E-state index contributed by atoms with van der Waals surface area (Å²) < 4.78 is 2.04. The molecule has 1 N–H and O–H groups in total. The Morgan fingerprint density at radius 2 is 1.70 bits per heavy atom. The van der Waals surface area contributed by atoms with E-state index in [9.17, 15) is 5.11 Å². The average Bonchev–Trinajstić information content (AvgIpc) is 2.50. The Morgan fingerprint density at radius 3 is 2.35 bits per heavy atom. The molecule has 0 fully saturated rings. The van der Waals surface area contributed by atoms with Crippen LogP contribution in [0.2, 0.25) is 0 Å². The zero-order chi connectivity index (χ0) is 14.2. The molecule has 0 amide bonds. The second-order valence-corrected chi connectivity index (χ2v) is 5.29. The first-order valence-corrected chi connectivity index (χ1v) is 7.50. The summed E-state index contributed by atoms with van der Waals surface area (Å²) in [6.45, 7) is 2.82. The van der Waals surface area contributed by atoms with E-state index in [0.29, 0.717) is 6.54 Å². The van der Waals surface area contributed by atoms with E-state index in [-0.39, 0.29) is 0 Å².